The van der Waals surface area contributed by atoms with E-state index in [1.54, 1.807) is 18.2 Å². The van der Waals surface area contributed by atoms with Gasteiger partial charge < -0.3 is 4.90 Å². The number of anilines is 1. The van der Waals surface area contributed by atoms with Gasteiger partial charge in [-0.05, 0) is 48.2 Å². The highest BCUT2D eigenvalue weighted by Crippen LogP contribution is 2.32. The van der Waals surface area contributed by atoms with Gasteiger partial charge in [-0.15, -0.1) is 11.3 Å². The lowest BCUT2D eigenvalue weighted by molar-refractivity contribution is -0.118. The molecule has 29 heavy (non-hydrogen) atoms. The molecule has 1 atom stereocenters. The molecule has 148 valence electrons. The number of carbonyl (C=O) groups excluding carboxylic acids is 1. The lowest BCUT2D eigenvalue weighted by Gasteiger charge is -2.18. The van der Waals surface area contributed by atoms with Crippen LogP contribution >= 0.6 is 22.9 Å². The molecule has 0 bridgehead atoms. The fraction of sp³-hybridized carbons (Fsp3) is 0.158. The van der Waals surface area contributed by atoms with Crippen molar-refractivity contribution in [1.82, 2.24) is 4.72 Å². The summed E-state index contributed by atoms with van der Waals surface area (Å²) in [6.07, 6.45) is 0.203. The lowest BCUT2D eigenvalue weighted by atomic mass is 10.2. The Morgan fingerprint density at radius 3 is 2.76 bits per heavy atom. The number of fused-ring (bicyclic) bond motifs is 1. The van der Waals surface area contributed by atoms with Crippen LogP contribution in [0.1, 0.15) is 12.0 Å². The zero-order valence-corrected chi connectivity index (χ0v) is 17.1. The Morgan fingerprint density at radius 2 is 2.03 bits per heavy atom. The molecule has 1 N–H and O–H groups in total. The number of sulfonamides is 1. The highest BCUT2D eigenvalue weighted by Gasteiger charge is 2.37. The molecule has 1 aliphatic heterocycles. The number of halogens is 2. The molecule has 0 saturated carbocycles. The zero-order valence-electron chi connectivity index (χ0n) is 14.7. The molecule has 10 heteroatoms. The molecule has 1 unspecified atom stereocenters. The van der Waals surface area contributed by atoms with Crippen molar-refractivity contribution in [3.63, 3.8) is 0 Å². The maximum Gasteiger partial charge on any atom is 0.250 e. The Hall–Kier alpha value is -2.51. The molecule has 0 aliphatic carbocycles. The Morgan fingerprint density at radius 1 is 1.24 bits per heavy atom. The maximum absolute atomic E-state index is 14.3. The Labute approximate surface area is 175 Å². The van der Waals surface area contributed by atoms with Crippen molar-refractivity contribution >= 4 is 54.6 Å². The summed E-state index contributed by atoms with van der Waals surface area (Å²) < 4.78 is 43.0. The first-order valence-electron chi connectivity index (χ1n) is 8.51. The largest absolute Gasteiger partial charge is 0.308 e. The molecular weight excluding hydrogens is 437 g/mol. The third-order valence-corrected chi connectivity index (χ3v) is 7.87. The topological polar surface area (TPSA) is 90.3 Å². The van der Waals surface area contributed by atoms with E-state index in [1.165, 1.54) is 23.1 Å². The third kappa shape index (κ3) is 3.72. The average molecular weight is 450 g/mol. The first-order chi connectivity index (χ1) is 13.8. The lowest BCUT2D eigenvalue weighted by Crippen LogP contribution is -2.41. The van der Waals surface area contributed by atoms with Crippen LogP contribution in [0.4, 0.5) is 10.1 Å². The van der Waals surface area contributed by atoms with Crippen LogP contribution in [0.3, 0.4) is 0 Å². The normalized spacial score (nSPS) is 17.1. The Kier molecular flexibility index (Phi) is 5.04. The smallest absolute Gasteiger partial charge is 0.250 e. The number of nitrogens with zero attached hydrogens (tertiary/aromatic N) is 2. The molecule has 2 aromatic carbocycles. The van der Waals surface area contributed by atoms with Crippen molar-refractivity contribution in [3.8, 4) is 6.07 Å². The molecule has 1 amide bonds. The van der Waals surface area contributed by atoms with Gasteiger partial charge >= 0.3 is 0 Å². The van der Waals surface area contributed by atoms with E-state index in [9.17, 15) is 17.6 Å². The van der Waals surface area contributed by atoms with Gasteiger partial charge in [0.2, 0.25) is 5.91 Å². The molecule has 0 radical (unpaired) electrons. The van der Waals surface area contributed by atoms with E-state index >= 15 is 0 Å². The van der Waals surface area contributed by atoms with E-state index in [-0.39, 0.29) is 28.4 Å². The number of nitriles is 1. The van der Waals surface area contributed by atoms with Crippen molar-refractivity contribution in [2.24, 2.45) is 0 Å². The number of hydrogen-bond acceptors (Lipinski definition) is 5. The molecule has 6 nitrogen and oxygen atoms in total. The fourth-order valence-corrected chi connectivity index (χ4v) is 6.10. The van der Waals surface area contributed by atoms with Gasteiger partial charge in [-0.25, -0.2) is 12.8 Å². The maximum atomic E-state index is 14.3. The second-order valence-electron chi connectivity index (χ2n) is 6.48. The predicted octanol–water partition coefficient (Wildman–Crippen LogP) is 3.65. The molecule has 1 aliphatic rings. The van der Waals surface area contributed by atoms with Gasteiger partial charge in [0, 0.05) is 16.3 Å². The number of rotatable bonds is 4. The Bertz CT molecular complexity index is 1280. The zero-order chi connectivity index (χ0) is 20.8. The van der Waals surface area contributed by atoms with E-state index in [1.807, 2.05) is 6.07 Å². The molecule has 1 saturated heterocycles. The molecule has 3 aromatic rings. The number of nitrogens with one attached hydrogen (secondary N) is 1. The number of benzene rings is 2. The fourth-order valence-electron chi connectivity index (χ4n) is 3.18. The number of carbonyl (C=O) groups is 1. The summed E-state index contributed by atoms with van der Waals surface area (Å²) in [4.78, 5) is 13.9. The van der Waals surface area contributed by atoms with Crippen LogP contribution in [0.25, 0.3) is 10.1 Å². The molecular formula is C19H13ClFN3O3S2. The van der Waals surface area contributed by atoms with Crippen LogP contribution in [-0.4, -0.2) is 26.9 Å². The minimum absolute atomic E-state index is 0.0206. The number of amides is 1. The summed E-state index contributed by atoms with van der Waals surface area (Å²) in [6, 6.07) is 11.2. The van der Waals surface area contributed by atoms with Crippen molar-refractivity contribution in [2.45, 2.75) is 16.7 Å². The molecule has 4 rings (SSSR count). The van der Waals surface area contributed by atoms with Crippen molar-refractivity contribution in [3.05, 3.63) is 58.9 Å². The van der Waals surface area contributed by atoms with Gasteiger partial charge in [0.05, 0.1) is 17.3 Å². The van der Waals surface area contributed by atoms with Crippen LogP contribution in [0.5, 0.6) is 0 Å². The molecule has 1 aromatic heterocycles. The number of hydrogen-bond donors (Lipinski definition) is 1. The summed E-state index contributed by atoms with van der Waals surface area (Å²) in [5.41, 5.74) is 0.159. The van der Waals surface area contributed by atoms with Gasteiger partial charge in [-0.3, -0.25) is 4.79 Å². The summed E-state index contributed by atoms with van der Waals surface area (Å²) in [5, 5.41) is 10.1. The van der Waals surface area contributed by atoms with E-state index in [0.717, 1.165) is 27.5 Å². The monoisotopic (exact) mass is 449 g/mol. The first kappa shape index (κ1) is 19.8. The van der Waals surface area contributed by atoms with Crippen LogP contribution in [0.15, 0.2) is 46.7 Å². The summed E-state index contributed by atoms with van der Waals surface area (Å²) in [5.74, 6) is -1.25. The average Bonchev–Trinajstić information content (AvgIpc) is 3.26. The summed E-state index contributed by atoms with van der Waals surface area (Å²) in [7, 11) is -3.94. The second-order valence-corrected chi connectivity index (χ2v) is 9.94. The number of thiophene rings is 1. The summed E-state index contributed by atoms with van der Waals surface area (Å²) >= 11 is 7.00. The minimum Gasteiger partial charge on any atom is -0.308 e. The predicted molar refractivity (Wildman–Crippen MR) is 109 cm³/mol. The standard InChI is InChI=1S/C19H13ClFN3O3S2/c20-13-3-2-12-8-18(28-17(12)9-13)29(26,27)23-15-5-6-24(19(15)25)16-4-1-11(10-22)7-14(16)21/h1-4,7-9,15,23H,5-6H2. The molecule has 0 spiro atoms. The highest BCUT2D eigenvalue weighted by molar-refractivity contribution is 7.91. The van der Waals surface area contributed by atoms with Crippen molar-refractivity contribution in [1.29, 1.82) is 5.26 Å². The van der Waals surface area contributed by atoms with Crippen LogP contribution in [0, 0.1) is 17.1 Å². The highest BCUT2D eigenvalue weighted by atomic mass is 35.5. The quantitative estimate of drug-likeness (QED) is 0.658. The van der Waals surface area contributed by atoms with Crippen molar-refractivity contribution in [2.75, 3.05) is 11.4 Å². The van der Waals surface area contributed by atoms with E-state index in [0.29, 0.717) is 5.02 Å². The third-order valence-electron chi connectivity index (χ3n) is 4.59. The van der Waals surface area contributed by atoms with E-state index in [4.69, 9.17) is 16.9 Å². The molecule has 1 fully saturated rings. The van der Waals surface area contributed by atoms with Crippen LogP contribution in [0.2, 0.25) is 5.02 Å². The first-order valence-corrected chi connectivity index (χ1v) is 11.2. The minimum atomic E-state index is -3.94. The second kappa shape index (κ2) is 7.39. The van der Waals surface area contributed by atoms with Gasteiger partial charge in [0.15, 0.2) is 0 Å². The van der Waals surface area contributed by atoms with Gasteiger partial charge in [0.1, 0.15) is 16.1 Å². The van der Waals surface area contributed by atoms with Crippen LogP contribution in [-0.2, 0) is 14.8 Å². The van der Waals surface area contributed by atoms with Crippen LogP contribution < -0.4 is 9.62 Å². The summed E-state index contributed by atoms with van der Waals surface area (Å²) in [6.45, 7) is 0.164. The van der Waals surface area contributed by atoms with Gasteiger partial charge in [0.25, 0.3) is 10.0 Å². The molecule has 2 heterocycles. The SMILES string of the molecule is N#Cc1ccc(N2CCC(NS(=O)(=O)c3cc4ccc(Cl)cc4s3)C2=O)c(F)c1. The van der Waals surface area contributed by atoms with E-state index < -0.39 is 27.8 Å². The van der Waals surface area contributed by atoms with Gasteiger partial charge in [-0.1, -0.05) is 17.7 Å². The van der Waals surface area contributed by atoms with E-state index in [2.05, 4.69) is 4.72 Å². The Balaban J connectivity index is 1.56. The van der Waals surface area contributed by atoms with Gasteiger partial charge in [-0.2, -0.15) is 9.98 Å². The van der Waals surface area contributed by atoms with Crippen molar-refractivity contribution < 1.29 is 17.6 Å².